The zero-order chi connectivity index (χ0) is 24.3. The number of likely N-dealkylation sites (tertiary alicyclic amines) is 1. The maximum atomic E-state index is 13.3. The van der Waals surface area contributed by atoms with Crippen molar-refractivity contribution in [1.29, 1.82) is 5.26 Å². The SMILES string of the molecule is Cc1ccccc1CN(c1ccc(C#N)c(Cl)c1)[C@H]1CCN(C(=O)C(C)(O)c2ccccc2)C1. The van der Waals surface area contributed by atoms with Gasteiger partial charge in [-0.1, -0.05) is 66.2 Å². The number of benzene rings is 3. The number of nitrogens with zero attached hydrogens (tertiary/aromatic N) is 3. The second-order valence-corrected chi connectivity index (χ2v) is 9.37. The van der Waals surface area contributed by atoms with Crippen LogP contribution in [0.1, 0.15) is 35.6 Å². The number of aliphatic hydroxyl groups is 1. The van der Waals surface area contributed by atoms with E-state index in [0.717, 1.165) is 12.1 Å². The molecule has 1 saturated heterocycles. The largest absolute Gasteiger partial charge is 0.376 e. The minimum absolute atomic E-state index is 0.0409. The van der Waals surface area contributed by atoms with Crippen molar-refractivity contribution in [3.05, 3.63) is 100 Å². The number of rotatable bonds is 6. The molecule has 0 aliphatic carbocycles. The van der Waals surface area contributed by atoms with Gasteiger partial charge in [0.05, 0.1) is 10.6 Å². The minimum atomic E-state index is -1.59. The number of hydrogen-bond acceptors (Lipinski definition) is 4. The number of hydrogen-bond donors (Lipinski definition) is 1. The Morgan fingerprint density at radius 2 is 1.88 bits per heavy atom. The zero-order valence-electron chi connectivity index (χ0n) is 19.4. The Hall–Kier alpha value is -3.33. The molecule has 5 nitrogen and oxygen atoms in total. The normalized spacial score (nSPS) is 17.1. The Labute approximate surface area is 205 Å². The van der Waals surface area contributed by atoms with E-state index in [9.17, 15) is 15.2 Å². The number of aryl methyl sites for hydroxylation is 1. The molecule has 1 aliphatic rings. The van der Waals surface area contributed by atoms with E-state index >= 15 is 0 Å². The van der Waals surface area contributed by atoms with Gasteiger partial charge in [-0.3, -0.25) is 4.79 Å². The molecule has 3 aromatic rings. The molecule has 1 fully saturated rings. The van der Waals surface area contributed by atoms with Gasteiger partial charge < -0.3 is 14.9 Å². The molecule has 3 aromatic carbocycles. The Morgan fingerprint density at radius 1 is 1.18 bits per heavy atom. The van der Waals surface area contributed by atoms with Crippen LogP contribution in [0.5, 0.6) is 0 Å². The molecule has 1 N–H and O–H groups in total. The first-order valence-electron chi connectivity index (χ1n) is 11.4. The topological polar surface area (TPSA) is 67.6 Å². The third-order valence-corrected chi connectivity index (χ3v) is 6.96. The molecule has 0 saturated carbocycles. The Bertz CT molecular complexity index is 1220. The van der Waals surface area contributed by atoms with Crippen LogP contribution in [0.2, 0.25) is 5.02 Å². The molecule has 0 radical (unpaired) electrons. The summed E-state index contributed by atoms with van der Waals surface area (Å²) in [6.07, 6.45) is 0.764. The number of carbonyl (C=O) groups excluding carboxylic acids is 1. The fourth-order valence-corrected chi connectivity index (χ4v) is 4.77. The van der Waals surface area contributed by atoms with Crippen LogP contribution in [-0.2, 0) is 16.9 Å². The average Bonchev–Trinajstić information content (AvgIpc) is 3.33. The highest BCUT2D eigenvalue weighted by Gasteiger charge is 2.40. The number of amides is 1. The predicted octanol–water partition coefficient (Wildman–Crippen LogP) is 5.04. The number of carbonyl (C=O) groups is 1. The van der Waals surface area contributed by atoms with Crippen LogP contribution in [0.15, 0.2) is 72.8 Å². The van der Waals surface area contributed by atoms with Gasteiger partial charge in [0.15, 0.2) is 5.60 Å². The second-order valence-electron chi connectivity index (χ2n) is 8.96. The van der Waals surface area contributed by atoms with Crippen molar-refractivity contribution < 1.29 is 9.90 Å². The minimum Gasteiger partial charge on any atom is -0.376 e. The molecule has 34 heavy (non-hydrogen) atoms. The van der Waals surface area contributed by atoms with Crippen LogP contribution in [0.3, 0.4) is 0 Å². The summed E-state index contributed by atoms with van der Waals surface area (Å²) in [7, 11) is 0. The maximum Gasteiger partial charge on any atom is 0.258 e. The number of halogens is 1. The summed E-state index contributed by atoms with van der Waals surface area (Å²) in [4.78, 5) is 17.3. The van der Waals surface area contributed by atoms with Gasteiger partial charge in [0.2, 0.25) is 0 Å². The van der Waals surface area contributed by atoms with Crippen LogP contribution >= 0.6 is 11.6 Å². The molecule has 1 unspecified atom stereocenters. The molecule has 0 aromatic heterocycles. The van der Waals surface area contributed by atoms with Gasteiger partial charge in [0.25, 0.3) is 5.91 Å². The van der Waals surface area contributed by atoms with E-state index in [1.165, 1.54) is 11.1 Å². The van der Waals surface area contributed by atoms with Crippen molar-refractivity contribution in [2.75, 3.05) is 18.0 Å². The first-order valence-corrected chi connectivity index (χ1v) is 11.8. The van der Waals surface area contributed by atoms with E-state index in [4.69, 9.17) is 11.6 Å². The molecule has 1 aliphatic heterocycles. The van der Waals surface area contributed by atoms with Gasteiger partial charge >= 0.3 is 0 Å². The molecule has 1 amide bonds. The van der Waals surface area contributed by atoms with Gasteiger partial charge in [0.1, 0.15) is 6.07 Å². The van der Waals surface area contributed by atoms with Crippen molar-refractivity contribution in [3.63, 3.8) is 0 Å². The Balaban J connectivity index is 1.61. The summed E-state index contributed by atoms with van der Waals surface area (Å²) in [5, 5.41) is 20.8. The van der Waals surface area contributed by atoms with E-state index in [0.29, 0.717) is 35.8 Å². The summed E-state index contributed by atoms with van der Waals surface area (Å²) >= 11 is 6.37. The summed E-state index contributed by atoms with van der Waals surface area (Å²) < 4.78 is 0. The van der Waals surface area contributed by atoms with Crippen LogP contribution < -0.4 is 4.90 Å². The van der Waals surface area contributed by atoms with Crippen LogP contribution in [-0.4, -0.2) is 35.0 Å². The van der Waals surface area contributed by atoms with Crippen molar-refractivity contribution in [1.82, 2.24) is 4.90 Å². The molecule has 4 rings (SSSR count). The summed E-state index contributed by atoms with van der Waals surface area (Å²) in [6, 6.07) is 24.9. The van der Waals surface area contributed by atoms with E-state index in [-0.39, 0.29) is 11.9 Å². The number of anilines is 1. The van der Waals surface area contributed by atoms with E-state index in [2.05, 4.69) is 30.0 Å². The first kappa shape index (κ1) is 23.8. The van der Waals surface area contributed by atoms with Crippen molar-refractivity contribution in [2.45, 2.75) is 38.5 Å². The highest BCUT2D eigenvalue weighted by molar-refractivity contribution is 6.32. The lowest BCUT2D eigenvalue weighted by molar-refractivity contribution is -0.149. The van der Waals surface area contributed by atoms with Crippen LogP contribution in [0.25, 0.3) is 0 Å². The molecule has 6 heteroatoms. The van der Waals surface area contributed by atoms with E-state index in [1.54, 1.807) is 30.0 Å². The standard InChI is InChI=1S/C28H28ClN3O2/c1-20-8-6-7-9-22(20)18-32(24-13-12-21(17-30)26(29)16-24)25-14-15-31(19-25)27(33)28(2,34)23-10-4-3-5-11-23/h3-13,16,25,34H,14-15,18-19H2,1-2H3/t25-,28?/m0/s1. The monoisotopic (exact) mass is 473 g/mol. The quantitative estimate of drug-likeness (QED) is 0.545. The van der Waals surface area contributed by atoms with Gasteiger partial charge in [-0.2, -0.15) is 5.26 Å². The van der Waals surface area contributed by atoms with Gasteiger partial charge in [0, 0.05) is 31.4 Å². The molecule has 0 bridgehead atoms. The van der Waals surface area contributed by atoms with E-state index < -0.39 is 5.60 Å². The fraction of sp³-hybridized carbons (Fsp3) is 0.286. The highest BCUT2D eigenvalue weighted by Crippen LogP contribution is 2.32. The molecular weight excluding hydrogens is 446 g/mol. The van der Waals surface area contributed by atoms with Gasteiger partial charge in [-0.15, -0.1) is 0 Å². The predicted molar refractivity (Wildman–Crippen MR) is 135 cm³/mol. The van der Waals surface area contributed by atoms with Crippen molar-refractivity contribution >= 4 is 23.2 Å². The first-order chi connectivity index (χ1) is 16.3. The summed E-state index contributed by atoms with van der Waals surface area (Å²) in [5.41, 5.74) is 2.70. The third kappa shape index (κ3) is 4.79. The lowest BCUT2D eigenvalue weighted by Crippen LogP contribution is -2.46. The zero-order valence-corrected chi connectivity index (χ0v) is 20.2. The smallest absolute Gasteiger partial charge is 0.258 e. The molecule has 2 atom stereocenters. The maximum absolute atomic E-state index is 13.3. The summed E-state index contributed by atoms with van der Waals surface area (Å²) in [6.45, 7) is 5.34. The van der Waals surface area contributed by atoms with Gasteiger partial charge in [-0.25, -0.2) is 0 Å². The van der Waals surface area contributed by atoms with E-state index in [1.807, 2.05) is 42.5 Å². The lowest BCUT2D eigenvalue weighted by Gasteiger charge is -2.33. The molecule has 0 spiro atoms. The molecule has 174 valence electrons. The number of nitriles is 1. The molecule has 1 heterocycles. The third-order valence-electron chi connectivity index (χ3n) is 6.65. The van der Waals surface area contributed by atoms with Crippen molar-refractivity contribution in [3.8, 4) is 6.07 Å². The Kier molecular flexibility index (Phi) is 6.92. The fourth-order valence-electron chi connectivity index (χ4n) is 4.55. The van der Waals surface area contributed by atoms with Crippen LogP contribution in [0, 0.1) is 18.3 Å². The Morgan fingerprint density at radius 3 is 2.56 bits per heavy atom. The average molecular weight is 474 g/mol. The lowest BCUT2D eigenvalue weighted by atomic mass is 9.94. The van der Waals surface area contributed by atoms with Crippen LogP contribution in [0.4, 0.5) is 5.69 Å². The summed E-state index contributed by atoms with van der Waals surface area (Å²) in [5.74, 6) is -0.296. The highest BCUT2D eigenvalue weighted by atomic mass is 35.5. The van der Waals surface area contributed by atoms with Gasteiger partial charge in [-0.05, 0) is 55.2 Å². The second kappa shape index (κ2) is 9.89. The molecular formula is C28H28ClN3O2. The van der Waals surface area contributed by atoms with Crippen molar-refractivity contribution in [2.24, 2.45) is 0 Å².